The van der Waals surface area contributed by atoms with E-state index >= 15 is 0 Å². The smallest absolute Gasteiger partial charge is 0.406 e. The first-order valence-corrected chi connectivity index (χ1v) is 11.0. The highest BCUT2D eigenvalue weighted by Gasteiger charge is 2.30. The number of nitrogens with zero attached hydrogens (tertiary/aromatic N) is 3. The zero-order chi connectivity index (χ0) is 27.4. The van der Waals surface area contributed by atoms with Crippen molar-refractivity contribution in [3.05, 3.63) is 83.9 Å². The number of anilines is 2. The maximum atomic E-state index is 12.0. The van der Waals surface area contributed by atoms with Gasteiger partial charge in [-0.15, -0.1) is 13.2 Å². The van der Waals surface area contributed by atoms with E-state index in [0.717, 1.165) is 29.1 Å². The molecule has 0 saturated carbocycles. The van der Waals surface area contributed by atoms with Gasteiger partial charge in [-0.3, -0.25) is 0 Å². The number of hydrogen-bond acceptors (Lipinski definition) is 5. The van der Waals surface area contributed by atoms with Gasteiger partial charge in [-0.25, -0.2) is 9.98 Å². The van der Waals surface area contributed by atoms with Crippen molar-refractivity contribution in [3.8, 4) is 5.75 Å². The van der Waals surface area contributed by atoms with Gasteiger partial charge in [0.05, 0.1) is 5.69 Å². The maximum Gasteiger partial charge on any atom is 0.573 e. The number of amidine groups is 1. The average molecular weight is 530 g/mol. The van der Waals surface area contributed by atoms with Gasteiger partial charge in [0.25, 0.3) is 0 Å². The third kappa shape index (κ3) is 10.8. The van der Waals surface area contributed by atoms with Crippen molar-refractivity contribution in [2.45, 2.75) is 6.36 Å². The first kappa shape index (κ1) is 28.8. The molecule has 0 radical (unpaired) electrons. The lowest BCUT2D eigenvalue weighted by atomic mass is 10.1. The zero-order valence-electron chi connectivity index (χ0n) is 20.0. The minimum absolute atomic E-state index is 0.229. The third-order valence-electron chi connectivity index (χ3n) is 4.50. The predicted octanol–water partition coefficient (Wildman–Crippen LogP) is 5.06. The predicted molar refractivity (Wildman–Crippen MR) is 148 cm³/mol. The topological polar surface area (TPSA) is 125 Å². The molecule has 0 spiro atoms. The van der Waals surface area contributed by atoms with Crippen LogP contribution in [-0.2, 0) is 0 Å². The molecule has 3 aromatic rings. The first-order chi connectivity index (χ1) is 17.5. The molecule has 0 atom stereocenters. The fraction of sp³-hybridized carbons (Fsp3) is 0.120. The summed E-state index contributed by atoms with van der Waals surface area (Å²) in [7, 11) is 3.99. The van der Waals surface area contributed by atoms with Crippen LogP contribution >= 0.6 is 12.2 Å². The van der Waals surface area contributed by atoms with E-state index in [1.807, 2.05) is 43.3 Å². The minimum Gasteiger partial charge on any atom is -0.406 e. The molecule has 0 aliphatic carbocycles. The van der Waals surface area contributed by atoms with Crippen LogP contribution in [0, 0.1) is 5.41 Å². The number of thiocarbonyl (C=S) groups is 1. The van der Waals surface area contributed by atoms with Crippen LogP contribution in [0.5, 0.6) is 5.75 Å². The van der Waals surface area contributed by atoms with Gasteiger partial charge < -0.3 is 31.8 Å². The van der Waals surface area contributed by atoms with Crippen molar-refractivity contribution < 1.29 is 17.9 Å². The van der Waals surface area contributed by atoms with Crippen LogP contribution in [0.25, 0.3) is 0 Å². The van der Waals surface area contributed by atoms with Crippen molar-refractivity contribution in [2.24, 2.45) is 21.5 Å². The average Bonchev–Trinajstić information content (AvgIpc) is 2.84. The Morgan fingerprint density at radius 1 is 0.973 bits per heavy atom. The standard InChI is InChI=1S/C16H13F3N4O.C9H13N3S/c17-16(18,19)24-14-7-5-13(6-8-14)22-10-23-15(21)12-3-1-11(9-20)2-4-12;1-12(2)8-5-3-7(4-6-8)11-9(10)13/h1-10,20H,(H2,21,22,23);3-6H,1-2H3,(H3,10,11,13). The number of hydrogen-bond donors (Lipinski definition) is 4. The highest BCUT2D eigenvalue weighted by molar-refractivity contribution is 7.80. The highest BCUT2D eigenvalue weighted by Crippen LogP contribution is 2.24. The van der Waals surface area contributed by atoms with Crippen LogP contribution in [-0.4, -0.2) is 44.0 Å². The van der Waals surface area contributed by atoms with Gasteiger partial charge in [-0.2, -0.15) is 0 Å². The zero-order valence-corrected chi connectivity index (χ0v) is 20.8. The normalized spacial score (nSPS) is 11.3. The summed E-state index contributed by atoms with van der Waals surface area (Å²) >= 11 is 4.72. The summed E-state index contributed by atoms with van der Waals surface area (Å²) in [5.41, 5.74) is 15.0. The molecular formula is C25H26F3N7OS. The monoisotopic (exact) mass is 529 g/mol. The fourth-order valence-corrected chi connectivity index (χ4v) is 2.82. The van der Waals surface area contributed by atoms with Gasteiger partial charge in [0.2, 0.25) is 0 Å². The number of nitrogens with one attached hydrogen (secondary N) is 2. The Balaban J connectivity index is 0.000000312. The van der Waals surface area contributed by atoms with Crippen molar-refractivity contribution in [1.29, 1.82) is 5.41 Å². The molecule has 6 N–H and O–H groups in total. The van der Waals surface area contributed by atoms with Crippen LogP contribution in [0.15, 0.2) is 82.8 Å². The molecule has 0 bridgehead atoms. The number of halogens is 3. The Bertz CT molecular complexity index is 1230. The molecule has 194 valence electrons. The fourth-order valence-electron chi connectivity index (χ4n) is 2.70. The van der Waals surface area contributed by atoms with Crippen molar-refractivity contribution in [1.82, 2.24) is 0 Å². The number of benzene rings is 3. The summed E-state index contributed by atoms with van der Waals surface area (Å²) in [5, 5.41) is 10.3. The second-order valence-corrected chi connectivity index (χ2v) is 7.94. The molecule has 37 heavy (non-hydrogen) atoms. The molecule has 0 fully saturated rings. The van der Waals surface area contributed by atoms with Gasteiger partial charge in [0.15, 0.2) is 5.11 Å². The van der Waals surface area contributed by atoms with E-state index in [0.29, 0.717) is 11.3 Å². The number of nitrogens with two attached hydrogens (primary N) is 2. The van der Waals surface area contributed by atoms with Crippen molar-refractivity contribution in [3.63, 3.8) is 0 Å². The quantitative estimate of drug-likeness (QED) is 0.193. The van der Waals surface area contributed by atoms with Crippen LogP contribution in [0.3, 0.4) is 0 Å². The third-order valence-corrected chi connectivity index (χ3v) is 4.60. The molecule has 3 aromatic carbocycles. The van der Waals surface area contributed by atoms with E-state index in [9.17, 15) is 13.2 Å². The van der Waals surface area contributed by atoms with Gasteiger partial charge >= 0.3 is 6.36 Å². The van der Waals surface area contributed by atoms with Crippen molar-refractivity contribution >= 4 is 52.8 Å². The summed E-state index contributed by atoms with van der Waals surface area (Å²) in [4.78, 5) is 9.97. The Hall–Kier alpha value is -4.45. The van der Waals surface area contributed by atoms with Gasteiger partial charge in [-0.1, -0.05) is 24.3 Å². The summed E-state index contributed by atoms with van der Waals surface area (Å²) in [6.07, 6.45) is -2.30. The lowest BCUT2D eigenvalue weighted by molar-refractivity contribution is -0.274. The van der Waals surface area contributed by atoms with Gasteiger partial charge in [-0.05, 0) is 66.3 Å². The molecule has 0 aliphatic rings. The summed E-state index contributed by atoms with van der Waals surface area (Å²) in [6.45, 7) is 0. The number of ether oxygens (including phenoxy) is 1. The van der Waals surface area contributed by atoms with Crippen molar-refractivity contribution in [2.75, 3.05) is 24.3 Å². The van der Waals surface area contributed by atoms with E-state index in [4.69, 9.17) is 29.1 Å². The van der Waals surface area contributed by atoms with Crippen LogP contribution < -0.4 is 26.4 Å². The SMILES string of the molecule is CN(C)c1ccc(NC(N)=S)cc1.N=Cc1ccc(C(N)=NC=Nc2ccc(OC(F)(F)F)cc2)cc1. The molecular weight excluding hydrogens is 503 g/mol. The lowest BCUT2D eigenvalue weighted by Gasteiger charge is -2.12. The number of rotatable bonds is 7. The molecule has 0 heterocycles. The molecule has 0 amide bonds. The van der Waals surface area contributed by atoms with Crippen LogP contribution in [0.4, 0.5) is 30.2 Å². The summed E-state index contributed by atoms with van der Waals surface area (Å²) in [5.74, 6) is -0.0944. The number of aliphatic imine (C=N–C) groups is 2. The molecule has 8 nitrogen and oxygen atoms in total. The highest BCUT2D eigenvalue weighted by atomic mass is 32.1. The summed E-state index contributed by atoms with van der Waals surface area (Å²) < 4.78 is 39.9. The molecule has 12 heteroatoms. The second kappa shape index (κ2) is 13.6. The molecule has 0 aliphatic heterocycles. The van der Waals surface area contributed by atoms with Crippen LogP contribution in [0.1, 0.15) is 11.1 Å². The van der Waals surface area contributed by atoms with Gasteiger partial charge in [0.1, 0.15) is 17.9 Å². The molecule has 0 aromatic heterocycles. The minimum atomic E-state index is -4.73. The Morgan fingerprint density at radius 2 is 1.57 bits per heavy atom. The van der Waals surface area contributed by atoms with E-state index in [1.54, 1.807) is 24.3 Å². The van der Waals surface area contributed by atoms with Crippen LogP contribution in [0.2, 0.25) is 0 Å². The maximum absolute atomic E-state index is 12.0. The Morgan fingerprint density at radius 3 is 2.05 bits per heavy atom. The molecule has 0 saturated heterocycles. The number of alkyl halides is 3. The Labute approximate surface area is 218 Å². The second-order valence-electron chi connectivity index (χ2n) is 7.50. The van der Waals surface area contributed by atoms with Gasteiger partial charge in [0, 0.05) is 37.2 Å². The van der Waals surface area contributed by atoms with E-state index in [1.165, 1.54) is 24.7 Å². The molecule has 3 rings (SSSR count). The lowest BCUT2D eigenvalue weighted by Crippen LogP contribution is -2.18. The van der Waals surface area contributed by atoms with E-state index in [-0.39, 0.29) is 16.7 Å². The Kier molecular flexibility index (Phi) is 10.6. The molecule has 0 unspecified atom stereocenters. The van der Waals surface area contributed by atoms with E-state index < -0.39 is 6.36 Å². The first-order valence-electron chi connectivity index (χ1n) is 10.6. The largest absolute Gasteiger partial charge is 0.573 e. The van der Waals surface area contributed by atoms with E-state index in [2.05, 4.69) is 20.0 Å². The summed E-state index contributed by atoms with van der Waals surface area (Å²) in [6, 6.07) is 19.8.